The molecule has 1 aliphatic heterocycles. The smallest absolute Gasteiger partial charge is 0.261 e. The number of aliphatic hydroxyl groups excluding tert-OH is 1. The average Bonchev–Trinajstić information content (AvgIpc) is 2.69. The summed E-state index contributed by atoms with van der Waals surface area (Å²) in [5.41, 5.74) is 1.47. The van der Waals surface area contributed by atoms with Gasteiger partial charge < -0.3 is 10.4 Å². The lowest BCUT2D eigenvalue weighted by atomic mass is 9.88. The molecule has 0 aromatic heterocycles. The molecule has 0 fully saturated rings. The van der Waals surface area contributed by atoms with Crippen LogP contribution in [0.4, 0.5) is 5.69 Å². The number of rotatable bonds is 5. The number of aliphatic hydroxyl groups is 1. The molecule has 2 N–H and O–H groups in total. The van der Waals surface area contributed by atoms with E-state index in [9.17, 15) is 14.7 Å². The monoisotopic (exact) mass is 276 g/mol. The fraction of sp³-hybridized carbons (Fsp3) is 0.467. The van der Waals surface area contributed by atoms with Crippen LogP contribution in [0.2, 0.25) is 0 Å². The van der Waals surface area contributed by atoms with Crippen molar-refractivity contribution < 1.29 is 14.7 Å². The van der Waals surface area contributed by atoms with E-state index < -0.39 is 0 Å². The summed E-state index contributed by atoms with van der Waals surface area (Å²) in [5.74, 6) is -0.528. The molecule has 0 bridgehead atoms. The zero-order chi connectivity index (χ0) is 14.9. The molecule has 1 aromatic rings. The van der Waals surface area contributed by atoms with E-state index in [2.05, 4.69) is 5.32 Å². The van der Waals surface area contributed by atoms with Crippen molar-refractivity contribution in [1.82, 2.24) is 4.90 Å². The molecule has 1 aromatic carbocycles. The number of carbonyl (C=O) groups excluding carboxylic acids is 2. The van der Waals surface area contributed by atoms with Crippen LogP contribution < -0.4 is 5.32 Å². The van der Waals surface area contributed by atoms with Crippen molar-refractivity contribution in [2.24, 2.45) is 5.41 Å². The Bertz CT molecular complexity index is 550. The van der Waals surface area contributed by atoms with Gasteiger partial charge in [0.25, 0.3) is 11.8 Å². The fourth-order valence-electron chi connectivity index (χ4n) is 2.08. The Morgan fingerprint density at radius 2 is 1.90 bits per heavy atom. The summed E-state index contributed by atoms with van der Waals surface area (Å²) in [6, 6.07) is 5.16. The standard InChI is InChI=1S/C15H20N2O3/c1-4-15(2,9-18)8-16-10-5-6-11-12(7-10)14(20)17(3)13(11)19/h5-7,16,18H,4,8-9H2,1-3H3. The second-order valence-corrected chi connectivity index (χ2v) is 5.61. The first-order valence-corrected chi connectivity index (χ1v) is 6.73. The molecule has 1 unspecified atom stereocenters. The van der Waals surface area contributed by atoms with Crippen LogP contribution in [-0.2, 0) is 0 Å². The van der Waals surface area contributed by atoms with E-state index in [0.717, 1.165) is 17.0 Å². The SMILES string of the molecule is CCC(C)(CO)CNc1ccc2c(c1)C(=O)N(C)C2=O. The molecule has 0 spiro atoms. The van der Waals surface area contributed by atoms with Crippen molar-refractivity contribution in [1.29, 1.82) is 0 Å². The number of carbonyl (C=O) groups is 2. The molecule has 2 rings (SSSR count). The summed E-state index contributed by atoms with van der Waals surface area (Å²) in [6.07, 6.45) is 0.849. The van der Waals surface area contributed by atoms with E-state index in [4.69, 9.17) is 0 Å². The number of hydrogen-bond acceptors (Lipinski definition) is 4. The number of benzene rings is 1. The van der Waals surface area contributed by atoms with Crippen LogP contribution in [-0.4, -0.2) is 42.0 Å². The number of amides is 2. The molecule has 1 aliphatic rings. The van der Waals surface area contributed by atoms with Crippen molar-refractivity contribution in [2.45, 2.75) is 20.3 Å². The molecule has 1 atom stereocenters. The third-order valence-electron chi connectivity index (χ3n) is 4.04. The zero-order valence-corrected chi connectivity index (χ0v) is 12.1. The Hall–Kier alpha value is -1.88. The largest absolute Gasteiger partial charge is 0.396 e. The topological polar surface area (TPSA) is 69.6 Å². The van der Waals surface area contributed by atoms with Crippen LogP contribution in [0, 0.1) is 5.41 Å². The van der Waals surface area contributed by atoms with Gasteiger partial charge in [-0.1, -0.05) is 13.8 Å². The molecule has 0 saturated heterocycles. The second-order valence-electron chi connectivity index (χ2n) is 5.61. The number of hydrogen-bond donors (Lipinski definition) is 2. The molecule has 2 amide bonds. The van der Waals surface area contributed by atoms with Crippen molar-refractivity contribution >= 4 is 17.5 Å². The van der Waals surface area contributed by atoms with E-state index in [-0.39, 0.29) is 23.8 Å². The minimum Gasteiger partial charge on any atom is -0.396 e. The maximum absolute atomic E-state index is 11.9. The van der Waals surface area contributed by atoms with Crippen LogP contribution in [0.1, 0.15) is 41.0 Å². The Morgan fingerprint density at radius 3 is 2.50 bits per heavy atom. The van der Waals surface area contributed by atoms with Crippen LogP contribution in [0.5, 0.6) is 0 Å². The second kappa shape index (κ2) is 5.25. The third-order valence-corrected chi connectivity index (χ3v) is 4.04. The number of fused-ring (bicyclic) bond motifs is 1. The summed E-state index contributed by atoms with van der Waals surface area (Å²) >= 11 is 0. The predicted molar refractivity (Wildman–Crippen MR) is 76.8 cm³/mol. The zero-order valence-electron chi connectivity index (χ0n) is 12.1. The molecule has 108 valence electrons. The van der Waals surface area contributed by atoms with Gasteiger partial charge in [0.05, 0.1) is 17.7 Å². The number of nitrogens with one attached hydrogen (secondary N) is 1. The Morgan fingerprint density at radius 1 is 1.25 bits per heavy atom. The average molecular weight is 276 g/mol. The molecule has 0 saturated carbocycles. The minimum atomic E-state index is -0.269. The first kappa shape index (κ1) is 14.5. The maximum atomic E-state index is 11.9. The molecule has 0 aliphatic carbocycles. The normalized spacial score (nSPS) is 17.1. The lowest BCUT2D eigenvalue weighted by Crippen LogP contribution is -2.29. The van der Waals surface area contributed by atoms with Gasteiger partial charge in [0, 0.05) is 24.7 Å². The first-order valence-electron chi connectivity index (χ1n) is 6.73. The summed E-state index contributed by atoms with van der Waals surface area (Å²) in [5, 5.41) is 12.6. The highest BCUT2D eigenvalue weighted by atomic mass is 16.3. The summed E-state index contributed by atoms with van der Waals surface area (Å²) in [7, 11) is 1.48. The first-order chi connectivity index (χ1) is 9.41. The minimum absolute atomic E-state index is 0.0988. The van der Waals surface area contributed by atoms with Crippen molar-refractivity contribution in [2.75, 3.05) is 25.5 Å². The van der Waals surface area contributed by atoms with Crippen LogP contribution in [0.15, 0.2) is 18.2 Å². The molecular weight excluding hydrogens is 256 g/mol. The fourth-order valence-corrected chi connectivity index (χ4v) is 2.08. The quantitative estimate of drug-likeness (QED) is 0.804. The molecule has 1 heterocycles. The highest BCUT2D eigenvalue weighted by Crippen LogP contribution is 2.26. The number of nitrogens with zero attached hydrogens (tertiary/aromatic N) is 1. The number of imide groups is 1. The van der Waals surface area contributed by atoms with E-state index in [1.165, 1.54) is 7.05 Å². The molecular formula is C15H20N2O3. The van der Waals surface area contributed by atoms with Gasteiger partial charge in [-0.2, -0.15) is 0 Å². The van der Waals surface area contributed by atoms with Gasteiger partial charge in [-0.25, -0.2) is 0 Å². The van der Waals surface area contributed by atoms with Gasteiger partial charge in [-0.05, 0) is 24.6 Å². The van der Waals surface area contributed by atoms with Gasteiger partial charge in [0.15, 0.2) is 0 Å². The van der Waals surface area contributed by atoms with Crippen LogP contribution in [0.3, 0.4) is 0 Å². The summed E-state index contributed by atoms with van der Waals surface area (Å²) in [6.45, 7) is 4.73. The van der Waals surface area contributed by atoms with Gasteiger partial charge in [-0.15, -0.1) is 0 Å². The Kier molecular flexibility index (Phi) is 3.81. The molecule has 0 radical (unpaired) electrons. The maximum Gasteiger partial charge on any atom is 0.261 e. The van der Waals surface area contributed by atoms with E-state index in [0.29, 0.717) is 17.7 Å². The van der Waals surface area contributed by atoms with Gasteiger partial charge in [0.1, 0.15) is 0 Å². The highest BCUT2D eigenvalue weighted by Gasteiger charge is 2.32. The van der Waals surface area contributed by atoms with E-state index in [1.54, 1.807) is 18.2 Å². The lowest BCUT2D eigenvalue weighted by Gasteiger charge is -2.26. The third kappa shape index (κ3) is 2.41. The van der Waals surface area contributed by atoms with E-state index >= 15 is 0 Å². The Balaban J connectivity index is 2.18. The van der Waals surface area contributed by atoms with Crippen molar-refractivity contribution in [3.63, 3.8) is 0 Å². The predicted octanol–water partition coefficient (Wildman–Crippen LogP) is 1.73. The highest BCUT2D eigenvalue weighted by molar-refractivity contribution is 6.21. The van der Waals surface area contributed by atoms with Gasteiger partial charge >= 0.3 is 0 Å². The summed E-state index contributed by atoms with van der Waals surface area (Å²) < 4.78 is 0. The number of anilines is 1. The van der Waals surface area contributed by atoms with Crippen molar-refractivity contribution in [3.05, 3.63) is 29.3 Å². The Labute approximate surface area is 118 Å². The van der Waals surface area contributed by atoms with Gasteiger partial charge in [-0.3, -0.25) is 14.5 Å². The van der Waals surface area contributed by atoms with Gasteiger partial charge in [0.2, 0.25) is 0 Å². The van der Waals surface area contributed by atoms with E-state index in [1.807, 2.05) is 13.8 Å². The van der Waals surface area contributed by atoms with Crippen LogP contribution in [0.25, 0.3) is 0 Å². The lowest BCUT2D eigenvalue weighted by molar-refractivity contribution is 0.0693. The molecule has 5 nitrogen and oxygen atoms in total. The molecule has 20 heavy (non-hydrogen) atoms. The molecule has 5 heteroatoms. The van der Waals surface area contributed by atoms with Crippen molar-refractivity contribution in [3.8, 4) is 0 Å². The summed E-state index contributed by atoms with van der Waals surface area (Å²) in [4.78, 5) is 24.8. The van der Waals surface area contributed by atoms with Crippen LogP contribution >= 0.6 is 0 Å².